The zero-order chi connectivity index (χ0) is 13.3. The van der Waals surface area contributed by atoms with E-state index in [9.17, 15) is 13.2 Å². The molecule has 0 aliphatic heterocycles. The first-order chi connectivity index (χ1) is 8.41. The molecule has 1 aromatic carbocycles. The maximum atomic E-state index is 12.9. The standard InChI is InChI=1S/C11H10F3N3O/c1-17-6-15-10(16-17)8-4-3-7(18-2)5-9(8)11(12,13)14/h3-6H,1-2H3. The van der Waals surface area contributed by atoms with Crippen LogP contribution >= 0.6 is 0 Å². The zero-order valence-electron chi connectivity index (χ0n) is 9.69. The lowest BCUT2D eigenvalue weighted by Crippen LogP contribution is -2.08. The lowest BCUT2D eigenvalue weighted by Gasteiger charge is -2.12. The van der Waals surface area contributed by atoms with Gasteiger partial charge in [0.15, 0.2) is 5.82 Å². The summed E-state index contributed by atoms with van der Waals surface area (Å²) < 4.78 is 45.0. The Bertz CT molecular complexity index is 563. The van der Waals surface area contributed by atoms with Crippen molar-refractivity contribution in [3.8, 4) is 17.1 Å². The van der Waals surface area contributed by atoms with Crippen molar-refractivity contribution in [1.29, 1.82) is 0 Å². The van der Waals surface area contributed by atoms with Crippen molar-refractivity contribution in [3.63, 3.8) is 0 Å². The van der Waals surface area contributed by atoms with Crippen LogP contribution in [0.25, 0.3) is 11.4 Å². The van der Waals surface area contributed by atoms with Crippen molar-refractivity contribution >= 4 is 0 Å². The van der Waals surface area contributed by atoms with Gasteiger partial charge in [-0.25, -0.2) is 4.98 Å². The molecule has 0 aliphatic rings. The molecule has 1 heterocycles. The van der Waals surface area contributed by atoms with Crippen molar-refractivity contribution < 1.29 is 17.9 Å². The summed E-state index contributed by atoms with van der Waals surface area (Å²) in [7, 11) is 2.90. The van der Waals surface area contributed by atoms with E-state index in [-0.39, 0.29) is 17.1 Å². The number of nitrogens with zero attached hydrogens (tertiary/aromatic N) is 3. The lowest BCUT2D eigenvalue weighted by molar-refractivity contribution is -0.137. The molecule has 0 atom stereocenters. The molecule has 0 radical (unpaired) electrons. The Labute approximate surface area is 101 Å². The third-order valence-electron chi connectivity index (χ3n) is 2.37. The van der Waals surface area contributed by atoms with Gasteiger partial charge in [-0.3, -0.25) is 4.68 Å². The predicted molar refractivity (Wildman–Crippen MR) is 58.0 cm³/mol. The molecular weight excluding hydrogens is 247 g/mol. The van der Waals surface area contributed by atoms with Gasteiger partial charge in [-0.15, -0.1) is 0 Å². The summed E-state index contributed by atoms with van der Waals surface area (Å²) in [6, 6.07) is 3.68. The minimum Gasteiger partial charge on any atom is -0.497 e. The average molecular weight is 257 g/mol. The van der Waals surface area contributed by atoms with Gasteiger partial charge in [-0.2, -0.15) is 18.3 Å². The number of methoxy groups -OCH3 is 1. The summed E-state index contributed by atoms with van der Waals surface area (Å²) in [6.45, 7) is 0. The summed E-state index contributed by atoms with van der Waals surface area (Å²) in [4.78, 5) is 3.83. The Balaban J connectivity index is 2.60. The van der Waals surface area contributed by atoms with E-state index in [4.69, 9.17) is 4.74 Å². The number of alkyl halides is 3. The van der Waals surface area contributed by atoms with Crippen LogP contribution in [0.2, 0.25) is 0 Å². The number of halogens is 3. The van der Waals surface area contributed by atoms with Crippen LogP contribution in [0.4, 0.5) is 13.2 Å². The minimum absolute atomic E-state index is 0.0347. The van der Waals surface area contributed by atoms with Gasteiger partial charge in [0.1, 0.15) is 12.1 Å². The molecule has 1 aromatic heterocycles. The summed E-state index contributed by atoms with van der Waals surface area (Å²) in [5.74, 6) is 0.175. The Morgan fingerprint density at radius 2 is 2.00 bits per heavy atom. The molecule has 0 saturated carbocycles. The maximum Gasteiger partial charge on any atom is 0.417 e. The van der Waals surface area contributed by atoms with Gasteiger partial charge in [-0.05, 0) is 18.2 Å². The van der Waals surface area contributed by atoms with Crippen molar-refractivity contribution in [2.24, 2.45) is 7.05 Å². The second-order valence-corrected chi connectivity index (χ2v) is 3.65. The van der Waals surface area contributed by atoms with Crippen LogP contribution in [0.3, 0.4) is 0 Å². The highest BCUT2D eigenvalue weighted by Gasteiger charge is 2.35. The highest BCUT2D eigenvalue weighted by Crippen LogP contribution is 2.37. The van der Waals surface area contributed by atoms with Gasteiger partial charge >= 0.3 is 6.18 Å². The summed E-state index contributed by atoms with van der Waals surface area (Å²) in [5, 5.41) is 3.88. The monoisotopic (exact) mass is 257 g/mol. The quantitative estimate of drug-likeness (QED) is 0.829. The molecule has 4 nitrogen and oxygen atoms in total. The second kappa shape index (κ2) is 4.32. The first-order valence-electron chi connectivity index (χ1n) is 5.03. The van der Waals surface area contributed by atoms with E-state index in [1.54, 1.807) is 7.05 Å². The first kappa shape index (κ1) is 12.4. The fraction of sp³-hybridized carbons (Fsp3) is 0.273. The van der Waals surface area contributed by atoms with Gasteiger partial charge in [-0.1, -0.05) is 0 Å². The van der Waals surface area contributed by atoms with Crippen molar-refractivity contribution in [2.75, 3.05) is 7.11 Å². The fourth-order valence-electron chi connectivity index (χ4n) is 1.54. The van der Waals surface area contributed by atoms with Gasteiger partial charge in [0.25, 0.3) is 0 Å². The van der Waals surface area contributed by atoms with Crippen LogP contribution in [-0.2, 0) is 13.2 Å². The summed E-state index contributed by atoms with van der Waals surface area (Å²) in [6.07, 6.45) is -3.14. The van der Waals surface area contributed by atoms with Gasteiger partial charge in [0, 0.05) is 12.6 Å². The molecule has 18 heavy (non-hydrogen) atoms. The van der Waals surface area contributed by atoms with Crippen LogP contribution in [0.1, 0.15) is 5.56 Å². The van der Waals surface area contributed by atoms with E-state index < -0.39 is 11.7 Å². The van der Waals surface area contributed by atoms with E-state index in [0.717, 1.165) is 6.07 Å². The topological polar surface area (TPSA) is 39.9 Å². The van der Waals surface area contributed by atoms with Gasteiger partial charge < -0.3 is 4.74 Å². The molecule has 2 rings (SSSR count). The number of benzene rings is 1. The molecule has 0 fully saturated rings. The van der Waals surface area contributed by atoms with Crippen molar-refractivity contribution in [1.82, 2.24) is 14.8 Å². The Morgan fingerprint density at radius 1 is 1.28 bits per heavy atom. The van der Waals surface area contributed by atoms with E-state index in [0.29, 0.717) is 0 Å². The number of ether oxygens (including phenoxy) is 1. The summed E-state index contributed by atoms with van der Waals surface area (Å²) in [5.41, 5.74) is -0.878. The number of hydrogen-bond donors (Lipinski definition) is 0. The third-order valence-corrected chi connectivity index (χ3v) is 2.37. The Hall–Kier alpha value is -2.05. The smallest absolute Gasteiger partial charge is 0.417 e. The molecule has 7 heteroatoms. The number of aryl methyl sites for hydroxylation is 1. The minimum atomic E-state index is -4.48. The molecule has 0 unspecified atom stereocenters. The van der Waals surface area contributed by atoms with Gasteiger partial charge in [0.2, 0.25) is 0 Å². The van der Waals surface area contributed by atoms with E-state index >= 15 is 0 Å². The third kappa shape index (κ3) is 2.29. The number of hydrogen-bond acceptors (Lipinski definition) is 3. The van der Waals surface area contributed by atoms with Crippen LogP contribution in [0, 0.1) is 0 Å². The molecule has 2 aromatic rings. The molecule has 0 bridgehead atoms. The first-order valence-corrected chi connectivity index (χ1v) is 5.03. The molecule has 0 aliphatic carbocycles. The molecule has 96 valence electrons. The Kier molecular flexibility index (Phi) is 2.98. The van der Waals surface area contributed by atoms with Crippen molar-refractivity contribution in [2.45, 2.75) is 6.18 Å². The van der Waals surface area contributed by atoms with Crippen molar-refractivity contribution in [3.05, 3.63) is 30.1 Å². The average Bonchev–Trinajstić information content (AvgIpc) is 2.74. The van der Waals surface area contributed by atoms with E-state index in [2.05, 4.69) is 10.1 Å². The lowest BCUT2D eigenvalue weighted by atomic mass is 10.1. The largest absolute Gasteiger partial charge is 0.497 e. The zero-order valence-corrected chi connectivity index (χ0v) is 9.69. The molecular formula is C11H10F3N3O. The number of aromatic nitrogens is 3. The Morgan fingerprint density at radius 3 is 2.50 bits per heavy atom. The van der Waals surface area contributed by atoms with E-state index in [1.165, 1.54) is 30.3 Å². The number of rotatable bonds is 2. The van der Waals surface area contributed by atoms with E-state index in [1.807, 2.05) is 0 Å². The highest BCUT2D eigenvalue weighted by atomic mass is 19.4. The highest BCUT2D eigenvalue weighted by molar-refractivity contribution is 5.62. The normalized spacial score (nSPS) is 11.6. The van der Waals surface area contributed by atoms with Crippen LogP contribution in [-0.4, -0.2) is 21.9 Å². The summed E-state index contributed by atoms with van der Waals surface area (Å²) >= 11 is 0. The predicted octanol–water partition coefficient (Wildman–Crippen LogP) is 2.51. The van der Waals surface area contributed by atoms with Crippen LogP contribution in [0.5, 0.6) is 5.75 Å². The SMILES string of the molecule is COc1ccc(-c2ncn(C)n2)c(C(F)(F)F)c1. The molecule has 0 spiro atoms. The van der Waals surface area contributed by atoms with Gasteiger partial charge in [0.05, 0.1) is 12.7 Å². The fourth-order valence-corrected chi connectivity index (χ4v) is 1.54. The van der Waals surface area contributed by atoms with Crippen LogP contribution in [0.15, 0.2) is 24.5 Å². The van der Waals surface area contributed by atoms with Crippen LogP contribution < -0.4 is 4.74 Å². The second-order valence-electron chi connectivity index (χ2n) is 3.65. The molecule has 0 saturated heterocycles. The molecule has 0 N–H and O–H groups in total. The molecule has 0 amide bonds. The maximum absolute atomic E-state index is 12.9.